The number of amides is 1. The van der Waals surface area contributed by atoms with E-state index in [1.807, 2.05) is 23.1 Å². The van der Waals surface area contributed by atoms with E-state index in [9.17, 15) is 9.18 Å². The predicted octanol–water partition coefficient (Wildman–Crippen LogP) is 3.44. The lowest BCUT2D eigenvalue weighted by molar-refractivity contribution is 0.0348. The van der Waals surface area contributed by atoms with Gasteiger partial charge in [0.15, 0.2) is 0 Å². The number of benzene rings is 1. The highest BCUT2D eigenvalue weighted by molar-refractivity contribution is 5.94. The van der Waals surface area contributed by atoms with Crippen LogP contribution in [0.4, 0.5) is 4.39 Å². The van der Waals surface area contributed by atoms with Gasteiger partial charge in [0.25, 0.3) is 5.91 Å². The van der Waals surface area contributed by atoms with Crippen LogP contribution in [0.15, 0.2) is 48.7 Å². The number of halogens is 1. The van der Waals surface area contributed by atoms with Crippen LogP contribution in [0.2, 0.25) is 0 Å². The van der Waals surface area contributed by atoms with Gasteiger partial charge in [-0.2, -0.15) is 0 Å². The second-order valence-electron chi connectivity index (χ2n) is 6.48. The van der Waals surface area contributed by atoms with Crippen LogP contribution in [0.3, 0.4) is 0 Å². The van der Waals surface area contributed by atoms with E-state index in [0.29, 0.717) is 11.4 Å². The first-order chi connectivity index (χ1) is 11.7. The number of ether oxygens (including phenoxy) is 1. The number of rotatable bonds is 3. The van der Waals surface area contributed by atoms with Gasteiger partial charge < -0.3 is 9.64 Å². The van der Waals surface area contributed by atoms with Crippen molar-refractivity contribution in [2.75, 3.05) is 0 Å². The van der Waals surface area contributed by atoms with Crippen molar-refractivity contribution >= 4 is 5.91 Å². The van der Waals surface area contributed by atoms with Crippen LogP contribution in [0, 0.1) is 5.82 Å². The van der Waals surface area contributed by atoms with Crippen LogP contribution in [-0.4, -0.2) is 34.0 Å². The summed E-state index contributed by atoms with van der Waals surface area (Å²) in [6.45, 7) is 0. The van der Waals surface area contributed by atoms with Gasteiger partial charge in [0.2, 0.25) is 5.88 Å². The quantitative estimate of drug-likeness (QED) is 0.868. The van der Waals surface area contributed by atoms with Crippen LogP contribution in [-0.2, 0) is 0 Å². The third-order valence-corrected chi connectivity index (χ3v) is 4.94. The summed E-state index contributed by atoms with van der Waals surface area (Å²) >= 11 is 0. The maximum atomic E-state index is 13.1. The minimum atomic E-state index is -0.322. The lowest BCUT2D eigenvalue weighted by atomic mass is 9.98. The zero-order valence-corrected chi connectivity index (χ0v) is 13.3. The zero-order valence-electron chi connectivity index (χ0n) is 13.3. The molecular weight excluding hydrogens is 307 g/mol. The Morgan fingerprint density at radius 1 is 1.08 bits per heavy atom. The van der Waals surface area contributed by atoms with E-state index in [-0.39, 0.29) is 29.9 Å². The summed E-state index contributed by atoms with van der Waals surface area (Å²) in [5.74, 6) is 0.316. The molecule has 124 valence electrons. The van der Waals surface area contributed by atoms with Crippen molar-refractivity contribution in [3.05, 3.63) is 60.0 Å². The molecule has 3 heterocycles. The highest BCUT2D eigenvalue weighted by Crippen LogP contribution is 2.38. The number of piperidine rings is 1. The molecule has 0 saturated carbocycles. The summed E-state index contributed by atoms with van der Waals surface area (Å²) in [5.41, 5.74) is 0.553. The fraction of sp³-hybridized carbons (Fsp3) is 0.368. The first-order valence-electron chi connectivity index (χ1n) is 8.36. The van der Waals surface area contributed by atoms with Crippen molar-refractivity contribution in [2.45, 2.75) is 43.9 Å². The van der Waals surface area contributed by atoms with Gasteiger partial charge in [-0.3, -0.25) is 4.79 Å². The summed E-state index contributed by atoms with van der Waals surface area (Å²) in [7, 11) is 0. The molecule has 1 aromatic carbocycles. The van der Waals surface area contributed by atoms with E-state index in [1.165, 1.54) is 12.1 Å². The molecule has 24 heavy (non-hydrogen) atoms. The molecule has 1 amide bonds. The van der Waals surface area contributed by atoms with E-state index in [2.05, 4.69) is 4.98 Å². The number of carbonyl (C=O) groups is 1. The van der Waals surface area contributed by atoms with Gasteiger partial charge in [0.1, 0.15) is 11.9 Å². The lowest BCUT2D eigenvalue weighted by Gasteiger charge is -2.38. The van der Waals surface area contributed by atoms with Crippen molar-refractivity contribution < 1.29 is 13.9 Å². The van der Waals surface area contributed by atoms with Crippen LogP contribution in [0.1, 0.15) is 36.0 Å². The second-order valence-corrected chi connectivity index (χ2v) is 6.48. The number of fused-ring (bicyclic) bond motifs is 2. The van der Waals surface area contributed by atoms with E-state index >= 15 is 0 Å². The summed E-state index contributed by atoms with van der Waals surface area (Å²) in [5, 5.41) is 0. The summed E-state index contributed by atoms with van der Waals surface area (Å²) < 4.78 is 19.1. The summed E-state index contributed by atoms with van der Waals surface area (Å²) in [6.07, 6.45) is 5.45. The number of nitrogens with zero attached hydrogens (tertiary/aromatic N) is 2. The van der Waals surface area contributed by atoms with Crippen molar-refractivity contribution in [3.63, 3.8) is 0 Å². The predicted molar refractivity (Wildman–Crippen MR) is 87.3 cm³/mol. The lowest BCUT2D eigenvalue weighted by Crippen LogP contribution is -2.49. The van der Waals surface area contributed by atoms with Crippen molar-refractivity contribution in [1.82, 2.24) is 9.88 Å². The van der Waals surface area contributed by atoms with Crippen LogP contribution in [0.5, 0.6) is 5.88 Å². The average molecular weight is 326 g/mol. The fourth-order valence-electron chi connectivity index (χ4n) is 3.88. The molecule has 0 aliphatic carbocycles. The first kappa shape index (κ1) is 15.1. The van der Waals surface area contributed by atoms with E-state index < -0.39 is 0 Å². The van der Waals surface area contributed by atoms with Crippen molar-refractivity contribution in [1.29, 1.82) is 0 Å². The maximum Gasteiger partial charge on any atom is 0.254 e. The average Bonchev–Trinajstić information content (AvgIpc) is 2.87. The van der Waals surface area contributed by atoms with Gasteiger partial charge in [-0.1, -0.05) is 6.07 Å². The molecule has 0 N–H and O–H groups in total. The zero-order chi connectivity index (χ0) is 16.5. The number of hydrogen-bond acceptors (Lipinski definition) is 3. The third-order valence-electron chi connectivity index (χ3n) is 4.94. The van der Waals surface area contributed by atoms with Gasteiger partial charge in [0, 0.05) is 42.8 Å². The molecule has 2 unspecified atom stereocenters. The molecule has 2 bridgehead atoms. The van der Waals surface area contributed by atoms with Gasteiger partial charge in [0.05, 0.1) is 0 Å². The number of pyridine rings is 1. The first-order valence-corrected chi connectivity index (χ1v) is 8.36. The molecule has 4 rings (SSSR count). The Balaban J connectivity index is 1.47. The molecule has 0 radical (unpaired) electrons. The minimum Gasteiger partial charge on any atom is -0.474 e. The van der Waals surface area contributed by atoms with Gasteiger partial charge in [-0.15, -0.1) is 0 Å². The Morgan fingerprint density at radius 2 is 1.79 bits per heavy atom. The van der Waals surface area contributed by atoms with Gasteiger partial charge >= 0.3 is 0 Å². The van der Waals surface area contributed by atoms with Crippen LogP contribution in [0.25, 0.3) is 0 Å². The molecule has 2 aliphatic rings. The molecular formula is C19H19FN2O2. The van der Waals surface area contributed by atoms with E-state index in [0.717, 1.165) is 25.7 Å². The van der Waals surface area contributed by atoms with Gasteiger partial charge in [-0.25, -0.2) is 9.37 Å². The topological polar surface area (TPSA) is 42.4 Å². The molecule has 5 heteroatoms. The molecule has 2 saturated heterocycles. The van der Waals surface area contributed by atoms with E-state index in [4.69, 9.17) is 4.74 Å². The number of aromatic nitrogens is 1. The highest BCUT2D eigenvalue weighted by Gasteiger charge is 2.44. The Kier molecular flexibility index (Phi) is 3.92. The standard InChI is InChI=1S/C19H19FN2O2/c20-14-6-4-13(5-7-14)19(23)22-15-8-9-16(22)12-17(11-15)24-18-3-1-2-10-21-18/h1-7,10,15-17H,8-9,11-12H2. The smallest absolute Gasteiger partial charge is 0.254 e. The van der Waals surface area contributed by atoms with Crippen molar-refractivity contribution in [3.8, 4) is 5.88 Å². The molecule has 0 spiro atoms. The molecule has 2 fully saturated rings. The Hall–Kier alpha value is -2.43. The highest BCUT2D eigenvalue weighted by atomic mass is 19.1. The van der Waals surface area contributed by atoms with Gasteiger partial charge in [-0.05, 0) is 43.2 Å². The third kappa shape index (κ3) is 2.86. The molecule has 4 nitrogen and oxygen atoms in total. The largest absolute Gasteiger partial charge is 0.474 e. The molecule has 2 aliphatic heterocycles. The van der Waals surface area contributed by atoms with E-state index in [1.54, 1.807) is 18.3 Å². The summed E-state index contributed by atoms with van der Waals surface area (Å²) in [4.78, 5) is 19.0. The Morgan fingerprint density at radius 3 is 2.42 bits per heavy atom. The van der Waals surface area contributed by atoms with Crippen LogP contribution >= 0.6 is 0 Å². The SMILES string of the molecule is O=C(c1ccc(F)cc1)N1C2CCC1CC(Oc1ccccn1)C2. The molecule has 2 atom stereocenters. The fourth-order valence-corrected chi connectivity index (χ4v) is 3.88. The normalized spacial score (nSPS) is 25.5. The molecule has 1 aromatic heterocycles. The summed E-state index contributed by atoms with van der Waals surface area (Å²) in [6, 6.07) is 11.8. The second kappa shape index (κ2) is 6.23. The number of carbonyl (C=O) groups excluding carboxylic acids is 1. The maximum absolute atomic E-state index is 13.1. The Labute approximate surface area is 140 Å². The Bertz CT molecular complexity index is 706. The monoisotopic (exact) mass is 326 g/mol. The number of hydrogen-bond donors (Lipinski definition) is 0. The minimum absolute atomic E-state index is 0.00112. The van der Waals surface area contributed by atoms with Crippen LogP contribution < -0.4 is 4.74 Å². The van der Waals surface area contributed by atoms with Crippen molar-refractivity contribution in [2.24, 2.45) is 0 Å². The molecule has 2 aromatic rings.